The number of aromatic amines is 1. The first-order chi connectivity index (χ1) is 17.7. The number of aromatic nitrogens is 2. The predicted octanol–water partition coefficient (Wildman–Crippen LogP) is 2.36. The van der Waals surface area contributed by atoms with Crippen LogP contribution in [0.4, 0.5) is 0 Å². The Bertz CT molecular complexity index is 1310. The van der Waals surface area contributed by atoms with Gasteiger partial charge in [0.15, 0.2) is 5.01 Å². The molecule has 3 heterocycles. The molecule has 0 radical (unpaired) electrons. The molecule has 3 aromatic rings. The number of aliphatic hydroxyl groups excluding tert-OH is 2. The summed E-state index contributed by atoms with van der Waals surface area (Å²) in [6, 6.07) is 7.28. The lowest BCUT2D eigenvalue weighted by atomic mass is 9.88. The van der Waals surface area contributed by atoms with Gasteiger partial charge in [-0.3, -0.25) is 14.5 Å². The Hall–Kier alpha value is -2.79. The molecule has 2 amide bonds. The molecule has 0 spiro atoms. The van der Waals surface area contributed by atoms with Gasteiger partial charge in [-0.1, -0.05) is 11.6 Å². The summed E-state index contributed by atoms with van der Waals surface area (Å²) in [6.07, 6.45) is 1.53. The van der Waals surface area contributed by atoms with Crippen LogP contribution in [0, 0.1) is 12.3 Å². The quantitative estimate of drug-likeness (QED) is 0.322. The van der Waals surface area contributed by atoms with Crippen LogP contribution in [0.3, 0.4) is 0 Å². The number of nitrogens with one attached hydrogen (secondary N) is 3. The summed E-state index contributed by atoms with van der Waals surface area (Å²) in [6.45, 7) is 7.59. The zero-order chi connectivity index (χ0) is 26.3. The maximum atomic E-state index is 13.3. The minimum Gasteiger partial charge on any atom is -0.396 e. The fraction of sp³-hybridized carbons (Fsp3) is 0.519. The largest absolute Gasteiger partial charge is 0.396 e. The van der Waals surface area contributed by atoms with Crippen LogP contribution in [0.5, 0.6) is 0 Å². The molecule has 2 aliphatic rings. The molecule has 1 aliphatic carbocycles. The van der Waals surface area contributed by atoms with Crippen molar-refractivity contribution < 1.29 is 19.8 Å². The summed E-state index contributed by atoms with van der Waals surface area (Å²) in [7, 11) is 0. The number of amides is 2. The second kappa shape index (κ2) is 10.2. The molecule has 9 nitrogen and oxygen atoms in total. The van der Waals surface area contributed by atoms with E-state index in [1.54, 1.807) is 0 Å². The first-order valence-electron chi connectivity index (χ1n) is 12.9. The number of nitrogens with zero attached hydrogens (tertiary/aromatic N) is 2. The summed E-state index contributed by atoms with van der Waals surface area (Å²) in [5.41, 5.74) is 2.60. The van der Waals surface area contributed by atoms with Gasteiger partial charge in [0.2, 0.25) is 0 Å². The number of carbonyl (C=O) groups excluding carboxylic acids is 2. The van der Waals surface area contributed by atoms with E-state index in [9.17, 15) is 19.8 Å². The highest BCUT2D eigenvalue weighted by Crippen LogP contribution is 2.38. The third-order valence-electron chi connectivity index (χ3n) is 7.80. The number of hydrogen-bond acceptors (Lipinski definition) is 7. The van der Waals surface area contributed by atoms with Crippen molar-refractivity contribution in [2.24, 2.45) is 5.41 Å². The Morgan fingerprint density at radius 2 is 1.86 bits per heavy atom. The molecule has 1 aromatic carbocycles. The summed E-state index contributed by atoms with van der Waals surface area (Å²) >= 11 is 1.42. The number of aliphatic hydroxyl groups is 2. The van der Waals surface area contributed by atoms with Crippen LogP contribution in [0.1, 0.15) is 63.1 Å². The maximum absolute atomic E-state index is 13.3. The van der Waals surface area contributed by atoms with Crippen LogP contribution in [-0.4, -0.2) is 74.8 Å². The molecule has 0 unspecified atom stereocenters. The van der Waals surface area contributed by atoms with E-state index < -0.39 is 17.5 Å². The second-order valence-corrected chi connectivity index (χ2v) is 11.9. The Labute approximate surface area is 220 Å². The van der Waals surface area contributed by atoms with Crippen molar-refractivity contribution in [1.29, 1.82) is 0 Å². The smallest absolute Gasteiger partial charge is 0.280 e. The van der Waals surface area contributed by atoms with Gasteiger partial charge >= 0.3 is 0 Å². The highest BCUT2D eigenvalue weighted by atomic mass is 32.1. The Balaban J connectivity index is 1.32. The first-order valence-corrected chi connectivity index (χ1v) is 13.7. The molecule has 0 saturated heterocycles. The molecular weight excluding hydrogens is 490 g/mol. The molecule has 5 N–H and O–H groups in total. The van der Waals surface area contributed by atoms with E-state index in [0.29, 0.717) is 29.6 Å². The first kappa shape index (κ1) is 25.8. The second-order valence-electron chi connectivity index (χ2n) is 10.9. The van der Waals surface area contributed by atoms with E-state index in [2.05, 4.69) is 39.3 Å². The Morgan fingerprint density at radius 1 is 1.16 bits per heavy atom. The van der Waals surface area contributed by atoms with E-state index >= 15 is 0 Å². The van der Waals surface area contributed by atoms with Crippen molar-refractivity contribution in [3.8, 4) is 0 Å². The van der Waals surface area contributed by atoms with Crippen LogP contribution in [0.2, 0.25) is 0 Å². The molecule has 198 valence electrons. The fourth-order valence-electron chi connectivity index (χ4n) is 5.52. The molecule has 1 aliphatic heterocycles. The standard InChI is InChI=1S/C27H35N5O4S/c1-15(2)32-7-6-19-23(12-32)37-26(31-19)25(36)30-22-11-27(13-33,14-34)10-21(22)29-24(35)20-9-17-8-16(3)4-5-18(17)28-20/h4-5,8-9,15,21-22,28,33-34H,6-7,10-14H2,1-3H3,(H,29,35)(H,30,36)/t21-,22-/m1/s1. The van der Waals surface area contributed by atoms with Gasteiger partial charge in [0.05, 0.1) is 31.0 Å². The SMILES string of the molecule is Cc1ccc2[nH]c(C(=O)N[C@@H]3CC(CO)(CO)C[C@H]3NC(=O)c3nc4c(s3)CN(C(C)C)CC4)cc2c1. The van der Waals surface area contributed by atoms with Gasteiger partial charge in [-0.25, -0.2) is 4.98 Å². The number of carbonyl (C=O) groups is 2. The number of thiazole rings is 1. The minimum absolute atomic E-state index is 0.232. The van der Waals surface area contributed by atoms with E-state index in [1.807, 2.05) is 31.2 Å². The zero-order valence-corrected chi connectivity index (χ0v) is 22.3. The Kier molecular flexibility index (Phi) is 7.10. The van der Waals surface area contributed by atoms with Gasteiger partial charge in [0, 0.05) is 46.7 Å². The number of aryl methyl sites for hydroxylation is 1. The molecule has 1 saturated carbocycles. The van der Waals surface area contributed by atoms with Crippen molar-refractivity contribution in [3.05, 3.63) is 51.1 Å². The summed E-state index contributed by atoms with van der Waals surface area (Å²) in [4.78, 5) is 37.7. The molecule has 0 bridgehead atoms. The number of H-pyrrole nitrogens is 1. The molecule has 10 heteroatoms. The average Bonchev–Trinajstić information content (AvgIpc) is 3.58. The van der Waals surface area contributed by atoms with Gasteiger partial charge in [-0.2, -0.15) is 0 Å². The van der Waals surface area contributed by atoms with Crippen molar-refractivity contribution >= 4 is 34.1 Å². The van der Waals surface area contributed by atoms with Crippen LogP contribution in [0.15, 0.2) is 24.3 Å². The van der Waals surface area contributed by atoms with E-state index in [1.165, 1.54) is 11.3 Å². The summed E-state index contributed by atoms with van der Waals surface area (Å²) < 4.78 is 0. The van der Waals surface area contributed by atoms with Gasteiger partial charge in [0.1, 0.15) is 5.69 Å². The summed E-state index contributed by atoms with van der Waals surface area (Å²) in [5, 5.41) is 27.6. The molecule has 2 atom stereocenters. The highest BCUT2D eigenvalue weighted by Gasteiger charge is 2.46. The van der Waals surface area contributed by atoms with Crippen molar-refractivity contribution in [2.45, 2.75) is 64.7 Å². The van der Waals surface area contributed by atoms with E-state index in [-0.39, 0.29) is 25.0 Å². The van der Waals surface area contributed by atoms with Crippen LogP contribution >= 0.6 is 11.3 Å². The molecule has 1 fully saturated rings. The van der Waals surface area contributed by atoms with E-state index in [4.69, 9.17) is 0 Å². The lowest BCUT2D eigenvalue weighted by molar-refractivity contribution is 0.0561. The lowest BCUT2D eigenvalue weighted by Crippen LogP contribution is -2.48. The number of fused-ring (bicyclic) bond motifs is 2. The third kappa shape index (κ3) is 5.16. The average molecular weight is 526 g/mol. The van der Waals surface area contributed by atoms with Crippen LogP contribution in [-0.2, 0) is 13.0 Å². The van der Waals surface area contributed by atoms with E-state index in [0.717, 1.165) is 46.5 Å². The number of hydrogen-bond donors (Lipinski definition) is 5. The van der Waals surface area contributed by atoms with Crippen LogP contribution < -0.4 is 10.6 Å². The van der Waals surface area contributed by atoms with Crippen molar-refractivity contribution in [3.63, 3.8) is 0 Å². The van der Waals surface area contributed by atoms with Gasteiger partial charge in [0.25, 0.3) is 11.8 Å². The monoisotopic (exact) mass is 525 g/mol. The molecule has 37 heavy (non-hydrogen) atoms. The van der Waals surface area contributed by atoms with Crippen molar-refractivity contribution in [2.75, 3.05) is 19.8 Å². The maximum Gasteiger partial charge on any atom is 0.280 e. The molecule has 2 aromatic heterocycles. The normalized spacial score (nSPS) is 21.4. The van der Waals surface area contributed by atoms with Gasteiger partial charge in [-0.15, -0.1) is 11.3 Å². The number of rotatable bonds is 7. The topological polar surface area (TPSA) is 131 Å². The van der Waals surface area contributed by atoms with Gasteiger partial charge in [-0.05, 0) is 51.8 Å². The lowest BCUT2D eigenvalue weighted by Gasteiger charge is -2.29. The Morgan fingerprint density at radius 3 is 2.54 bits per heavy atom. The predicted molar refractivity (Wildman–Crippen MR) is 143 cm³/mol. The fourth-order valence-corrected chi connectivity index (χ4v) is 6.55. The van der Waals surface area contributed by atoms with Gasteiger partial charge < -0.3 is 25.8 Å². The zero-order valence-electron chi connectivity index (χ0n) is 21.5. The third-order valence-corrected chi connectivity index (χ3v) is 8.88. The highest BCUT2D eigenvalue weighted by molar-refractivity contribution is 7.13. The molecular formula is C27H35N5O4S. The summed E-state index contributed by atoms with van der Waals surface area (Å²) in [5.74, 6) is -0.573. The minimum atomic E-state index is -0.784. The van der Waals surface area contributed by atoms with Crippen LogP contribution in [0.25, 0.3) is 10.9 Å². The number of benzene rings is 1. The van der Waals surface area contributed by atoms with Crippen molar-refractivity contribution in [1.82, 2.24) is 25.5 Å². The molecule has 5 rings (SSSR count).